The third-order valence-corrected chi connectivity index (χ3v) is 5.20. The number of hydrogen-bond donors (Lipinski definition) is 3. The predicted octanol–water partition coefficient (Wildman–Crippen LogP) is 4.13. The van der Waals surface area contributed by atoms with Crippen LogP contribution in [0.25, 0.3) is 0 Å². The predicted molar refractivity (Wildman–Crippen MR) is 112 cm³/mol. The van der Waals surface area contributed by atoms with E-state index in [4.69, 9.17) is 0 Å². The highest BCUT2D eigenvalue weighted by Gasteiger charge is 2.24. The monoisotopic (exact) mass is 468 g/mol. The van der Waals surface area contributed by atoms with Crippen LogP contribution in [0.15, 0.2) is 28.9 Å². The van der Waals surface area contributed by atoms with Gasteiger partial charge in [-0.25, -0.2) is 18.6 Å². The number of aromatic nitrogens is 2. The molecule has 0 unspecified atom stereocenters. The summed E-state index contributed by atoms with van der Waals surface area (Å²) in [5.41, 5.74) is -0.459. The average Bonchev–Trinajstić information content (AvgIpc) is 2.66. The number of nitrogens with one attached hydrogen (secondary N) is 3. The molecular formula is C19H23BrF2N6O. The molecule has 3 rings (SSSR count). The topological polar surface area (TPSA) is 82.2 Å². The molecule has 1 saturated carbocycles. The number of hydrogen-bond acceptors (Lipinski definition) is 5. The van der Waals surface area contributed by atoms with Crippen molar-refractivity contribution in [2.45, 2.75) is 37.8 Å². The molecule has 0 aliphatic heterocycles. The first-order valence-electron chi connectivity index (χ1n) is 9.31. The minimum atomic E-state index is -0.833. The number of rotatable bonds is 5. The van der Waals surface area contributed by atoms with Crippen molar-refractivity contribution in [1.29, 1.82) is 0 Å². The van der Waals surface area contributed by atoms with Crippen LogP contribution < -0.4 is 20.9 Å². The summed E-state index contributed by atoms with van der Waals surface area (Å²) in [6, 6.07) is 3.55. The van der Waals surface area contributed by atoms with Crippen LogP contribution in [0.5, 0.6) is 0 Å². The summed E-state index contributed by atoms with van der Waals surface area (Å²) >= 11 is 3.01. The lowest BCUT2D eigenvalue weighted by Crippen LogP contribution is -2.42. The third-order valence-electron chi connectivity index (χ3n) is 4.74. The second-order valence-corrected chi connectivity index (χ2v) is 8.08. The van der Waals surface area contributed by atoms with Crippen molar-refractivity contribution in [3.8, 4) is 0 Å². The molecule has 0 saturated heterocycles. The van der Waals surface area contributed by atoms with Crippen LogP contribution in [0.1, 0.15) is 25.7 Å². The number of halogens is 3. The molecule has 1 aromatic carbocycles. The van der Waals surface area contributed by atoms with Crippen LogP contribution in [-0.4, -0.2) is 42.2 Å². The highest BCUT2D eigenvalue weighted by atomic mass is 79.9. The molecular weight excluding hydrogens is 446 g/mol. The summed E-state index contributed by atoms with van der Waals surface area (Å²) < 4.78 is 28.0. The van der Waals surface area contributed by atoms with E-state index in [0.29, 0.717) is 5.95 Å². The van der Waals surface area contributed by atoms with E-state index < -0.39 is 23.4 Å². The lowest BCUT2D eigenvalue weighted by molar-refractivity contribution is 0.243. The van der Waals surface area contributed by atoms with Gasteiger partial charge in [0, 0.05) is 36.8 Å². The highest BCUT2D eigenvalue weighted by molar-refractivity contribution is 9.10. The van der Waals surface area contributed by atoms with Crippen molar-refractivity contribution in [3.63, 3.8) is 0 Å². The van der Waals surface area contributed by atoms with E-state index in [1.165, 1.54) is 0 Å². The van der Waals surface area contributed by atoms with Gasteiger partial charge in [0.05, 0.1) is 0 Å². The second-order valence-electron chi connectivity index (χ2n) is 7.17. The normalized spacial score (nSPS) is 18.8. The number of benzene rings is 1. The van der Waals surface area contributed by atoms with Crippen molar-refractivity contribution >= 4 is 39.4 Å². The summed E-state index contributed by atoms with van der Waals surface area (Å²) in [5, 5.41) is 8.37. The summed E-state index contributed by atoms with van der Waals surface area (Å²) in [5.74, 6) is -0.270. The zero-order chi connectivity index (χ0) is 21.0. The van der Waals surface area contributed by atoms with Gasteiger partial charge in [0.25, 0.3) is 0 Å². The molecule has 1 aliphatic carbocycles. The van der Waals surface area contributed by atoms with Crippen LogP contribution in [0.3, 0.4) is 0 Å². The quantitative estimate of drug-likeness (QED) is 0.614. The Bertz CT molecular complexity index is 851. The number of amides is 2. The van der Waals surface area contributed by atoms with Crippen LogP contribution in [0.4, 0.5) is 31.0 Å². The Kier molecular flexibility index (Phi) is 6.83. The Morgan fingerprint density at radius 1 is 1.14 bits per heavy atom. The Morgan fingerprint density at radius 2 is 1.76 bits per heavy atom. The van der Waals surface area contributed by atoms with Crippen molar-refractivity contribution in [3.05, 3.63) is 40.5 Å². The molecule has 1 aliphatic rings. The van der Waals surface area contributed by atoms with Gasteiger partial charge in [-0.05, 0) is 43.9 Å². The van der Waals surface area contributed by atoms with E-state index in [0.717, 1.165) is 43.6 Å². The Morgan fingerprint density at radius 3 is 2.38 bits per heavy atom. The number of carbonyl (C=O) groups excluding carboxylic acids is 1. The molecule has 0 atom stereocenters. The van der Waals surface area contributed by atoms with Crippen molar-refractivity contribution in [1.82, 2.24) is 15.3 Å². The molecule has 2 aromatic rings. The van der Waals surface area contributed by atoms with Crippen LogP contribution >= 0.6 is 15.9 Å². The molecule has 2 amide bonds. The number of nitrogens with zero attached hydrogens (tertiary/aromatic N) is 3. The maximum atomic E-state index is 13.9. The first-order valence-corrected chi connectivity index (χ1v) is 10.1. The Balaban J connectivity index is 1.48. The van der Waals surface area contributed by atoms with Crippen LogP contribution in [-0.2, 0) is 0 Å². The van der Waals surface area contributed by atoms with E-state index in [1.807, 2.05) is 25.1 Å². The SMILES string of the molecule is CN(C)c1ccnc(N[C@H]2CC[C@@H](NC(=O)Nc3c(F)cc(Br)cc3F)CC2)n1. The van der Waals surface area contributed by atoms with Gasteiger partial charge in [-0.15, -0.1) is 0 Å². The minimum absolute atomic E-state index is 0.0661. The zero-order valence-corrected chi connectivity index (χ0v) is 17.8. The molecule has 156 valence electrons. The fourth-order valence-electron chi connectivity index (χ4n) is 3.23. The lowest BCUT2D eigenvalue weighted by atomic mass is 9.91. The summed E-state index contributed by atoms with van der Waals surface area (Å²) in [6.07, 6.45) is 4.83. The third kappa shape index (κ3) is 5.75. The largest absolute Gasteiger partial charge is 0.363 e. The van der Waals surface area contributed by atoms with Gasteiger partial charge in [0.1, 0.15) is 11.5 Å². The van der Waals surface area contributed by atoms with Gasteiger partial charge in [-0.1, -0.05) is 15.9 Å². The smallest absolute Gasteiger partial charge is 0.319 e. The van der Waals surface area contributed by atoms with Gasteiger partial charge < -0.3 is 20.9 Å². The molecule has 1 aromatic heterocycles. The van der Waals surface area contributed by atoms with E-state index in [2.05, 4.69) is 41.8 Å². The zero-order valence-electron chi connectivity index (χ0n) is 16.2. The first kappa shape index (κ1) is 21.2. The molecule has 7 nitrogen and oxygen atoms in total. The van der Waals surface area contributed by atoms with E-state index in [-0.39, 0.29) is 16.6 Å². The molecule has 0 bridgehead atoms. The first-order chi connectivity index (χ1) is 13.8. The molecule has 0 radical (unpaired) electrons. The summed E-state index contributed by atoms with van der Waals surface area (Å²) in [7, 11) is 3.83. The van der Waals surface area contributed by atoms with Crippen molar-refractivity contribution < 1.29 is 13.6 Å². The van der Waals surface area contributed by atoms with Gasteiger partial charge in [-0.2, -0.15) is 4.98 Å². The maximum absolute atomic E-state index is 13.9. The van der Waals surface area contributed by atoms with E-state index in [9.17, 15) is 13.6 Å². The maximum Gasteiger partial charge on any atom is 0.319 e. The fourth-order valence-corrected chi connectivity index (χ4v) is 3.63. The summed E-state index contributed by atoms with van der Waals surface area (Å²) in [6.45, 7) is 0. The van der Waals surface area contributed by atoms with Gasteiger partial charge >= 0.3 is 6.03 Å². The van der Waals surface area contributed by atoms with Crippen LogP contribution in [0, 0.1) is 11.6 Å². The van der Waals surface area contributed by atoms with E-state index in [1.54, 1.807) is 6.20 Å². The van der Waals surface area contributed by atoms with Gasteiger partial charge in [0.2, 0.25) is 5.95 Å². The standard InChI is InChI=1S/C19H23BrF2N6O/c1-28(2)16-7-8-23-18(26-16)24-12-3-5-13(6-4-12)25-19(29)27-17-14(21)9-11(20)10-15(17)22/h7-10,12-13H,3-6H2,1-2H3,(H,23,24,26)(H2,25,27,29)/t12-,13+. The average molecular weight is 469 g/mol. The lowest BCUT2D eigenvalue weighted by Gasteiger charge is -2.29. The fraction of sp³-hybridized carbons (Fsp3) is 0.421. The minimum Gasteiger partial charge on any atom is -0.363 e. The van der Waals surface area contributed by atoms with Crippen LogP contribution in [0.2, 0.25) is 0 Å². The van der Waals surface area contributed by atoms with E-state index >= 15 is 0 Å². The van der Waals surface area contributed by atoms with Gasteiger partial charge in [0.15, 0.2) is 11.6 Å². The molecule has 3 N–H and O–H groups in total. The number of anilines is 3. The van der Waals surface area contributed by atoms with Gasteiger partial charge in [-0.3, -0.25) is 0 Å². The molecule has 10 heteroatoms. The summed E-state index contributed by atoms with van der Waals surface area (Å²) in [4.78, 5) is 22.7. The second kappa shape index (κ2) is 9.34. The van der Waals surface area contributed by atoms with Crippen molar-refractivity contribution in [2.24, 2.45) is 0 Å². The molecule has 1 heterocycles. The molecule has 0 spiro atoms. The highest BCUT2D eigenvalue weighted by Crippen LogP contribution is 2.25. The molecule has 1 fully saturated rings. The number of urea groups is 1. The Hall–Kier alpha value is -2.49. The van der Waals surface area contributed by atoms with Crippen molar-refractivity contribution in [2.75, 3.05) is 29.6 Å². The molecule has 29 heavy (non-hydrogen) atoms. The Labute approximate surface area is 176 Å². The number of carbonyl (C=O) groups is 1.